The topological polar surface area (TPSA) is 92.9 Å². The number of amides is 2. The van der Waals surface area contributed by atoms with Gasteiger partial charge in [0.15, 0.2) is 6.04 Å². The summed E-state index contributed by atoms with van der Waals surface area (Å²) in [6.45, 7) is 5.33. The van der Waals surface area contributed by atoms with E-state index in [9.17, 15) is 14.4 Å². The highest BCUT2D eigenvalue weighted by Gasteiger charge is 2.29. The number of nitrogens with two attached hydrogens (primary N) is 1. The van der Waals surface area contributed by atoms with Gasteiger partial charge in [0, 0.05) is 33.1 Å². The summed E-state index contributed by atoms with van der Waals surface area (Å²) in [5.74, 6) is -1.16. The minimum Gasteiger partial charge on any atom is -0.464 e. The van der Waals surface area contributed by atoms with Crippen molar-refractivity contribution in [2.75, 3.05) is 32.8 Å². The Labute approximate surface area is 112 Å². The maximum atomic E-state index is 12.0. The summed E-state index contributed by atoms with van der Waals surface area (Å²) in [5, 5.41) is 0. The zero-order valence-electron chi connectivity index (χ0n) is 11.4. The van der Waals surface area contributed by atoms with Crippen LogP contribution in [0.2, 0.25) is 0 Å². The number of hydrogen-bond donors (Lipinski definition) is 1. The van der Waals surface area contributed by atoms with Gasteiger partial charge >= 0.3 is 5.97 Å². The Morgan fingerprint density at radius 2 is 1.74 bits per heavy atom. The SMILES string of the molecule is CCOC(=O)C(N)C(=O)N1CCCN(C(C)=O)CC1. The van der Waals surface area contributed by atoms with Crippen molar-refractivity contribution in [1.82, 2.24) is 9.80 Å². The number of hydrogen-bond acceptors (Lipinski definition) is 5. The third-order valence-corrected chi connectivity index (χ3v) is 3.06. The van der Waals surface area contributed by atoms with Crippen LogP contribution in [-0.2, 0) is 19.1 Å². The molecule has 0 spiro atoms. The fourth-order valence-corrected chi connectivity index (χ4v) is 1.98. The second kappa shape index (κ2) is 7.08. The van der Waals surface area contributed by atoms with Crippen LogP contribution in [0.3, 0.4) is 0 Å². The van der Waals surface area contributed by atoms with E-state index < -0.39 is 17.9 Å². The lowest BCUT2D eigenvalue weighted by atomic mass is 10.2. The van der Waals surface area contributed by atoms with Gasteiger partial charge in [0.05, 0.1) is 6.61 Å². The molecule has 0 aromatic carbocycles. The molecule has 0 aliphatic carbocycles. The molecule has 1 rings (SSSR count). The lowest BCUT2D eigenvalue weighted by Gasteiger charge is -2.23. The lowest BCUT2D eigenvalue weighted by molar-refractivity contribution is -0.151. The second-order valence-corrected chi connectivity index (χ2v) is 4.41. The molecular formula is C12H21N3O4. The van der Waals surface area contributed by atoms with E-state index in [0.717, 1.165) is 0 Å². The molecule has 0 aromatic rings. The molecule has 7 nitrogen and oxygen atoms in total. The van der Waals surface area contributed by atoms with Crippen molar-refractivity contribution in [2.24, 2.45) is 5.73 Å². The lowest BCUT2D eigenvalue weighted by Crippen LogP contribution is -2.50. The van der Waals surface area contributed by atoms with Gasteiger partial charge in [-0.1, -0.05) is 0 Å². The third-order valence-electron chi connectivity index (χ3n) is 3.06. The average Bonchev–Trinajstić information content (AvgIpc) is 2.63. The van der Waals surface area contributed by atoms with Crippen molar-refractivity contribution in [3.05, 3.63) is 0 Å². The smallest absolute Gasteiger partial charge is 0.332 e. The Balaban J connectivity index is 2.58. The maximum Gasteiger partial charge on any atom is 0.332 e. The largest absolute Gasteiger partial charge is 0.464 e. The van der Waals surface area contributed by atoms with E-state index in [2.05, 4.69) is 0 Å². The number of esters is 1. The molecule has 1 unspecified atom stereocenters. The second-order valence-electron chi connectivity index (χ2n) is 4.41. The van der Waals surface area contributed by atoms with Crippen LogP contribution in [0, 0.1) is 0 Å². The first-order valence-corrected chi connectivity index (χ1v) is 6.44. The molecule has 1 heterocycles. The van der Waals surface area contributed by atoms with Gasteiger partial charge in [0.1, 0.15) is 0 Å². The van der Waals surface area contributed by atoms with Gasteiger partial charge in [0.2, 0.25) is 5.91 Å². The maximum absolute atomic E-state index is 12.0. The van der Waals surface area contributed by atoms with Crippen molar-refractivity contribution in [1.29, 1.82) is 0 Å². The Morgan fingerprint density at radius 1 is 1.16 bits per heavy atom. The van der Waals surface area contributed by atoms with Gasteiger partial charge in [-0.25, -0.2) is 4.79 Å². The first-order valence-electron chi connectivity index (χ1n) is 6.44. The van der Waals surface area contributed by atoms with Crippen molar-refractivity contribution in [3.63, 3.8) is 0 Å². The van der Waals surface area contributed by atoms with Crippen LogP contribution >= 0.6 is 0 Å². The Morgan fingerprint density at radius 3 is 2.32 bits per heavy atom. The van der Waals surface area contributed by atoms with E-state index in [-0.39, 0.29) is 12.5 Å². The number of carbonyl (C=O) groups excluding carboxylic acids is 3. The predicted molar refractivity (Wildman–Crippen MR) is 68.1 cm³/mol. The highest BCUT2D eigenvalue weighted by molar-refractivity contribution is 6.01. The van der Waals surface area contributed by atoms with Crippen molar-refractivity contribution >= 4 is 17.8 Å². The predicted octanol–water partition coefficient (Wildman–Crippen LogP) is -1.04. The van der Waals surface area contributed by atoms with Gasteiger partial charge in [-0.3, -0.25) is 9.59 Å². The fourth-order valence-electron chi connectivity index (χ4n) is 1.98. The summed E-state index contributed by atoms with van der Waals surface area (Å²) in [5.41, 5.74) is 5.58. The highest BCUT2D eigenvalue weighted by atomic mass is 16.5. The first kappa shape index (κ1) is 15.4. The van der Waals surface area contributed by atoms with Crippen molar-refractivity contribution < 1.29 is 19.1 Å². The quantitative estimate of drug-likeness (QED) is 0.522. The van der Waals surface area contributed by atoms with Crippen LogP contribution in [0.1, 0.15) is 20.3 Å². The first-order chi connectivity index (χ1) is 8.97. The van der Waals surface area contributed by atoms with Crippen LogP contribution in [0.4, 0.5) is 0 Å². The molecule has 108 valence electrons. The van der Waals surface area contributed by atoms with Crippen LogP contribution in [0.25, 0.3) is 0 Å². The van der Waals surface area contributed by atoms with Gasteiger partial charge < -0.3 is 20.3 Å². The normalized spacial score (nSPS) is 17.6. The Hall–Kier alpha value is -1.63. The summed E-state index contributed by atoms with van der Waals surface area (Å²) in [7, 11) is 0. The van der Waals surface area contributed by atoms with Gasteiger partial charge in [-0.05, 0) is 13.3 Å². The summed E-state index contributed by atoms with van der Waals surface area (Å²) >= 11 is 0. The van der Waals surface area contributed by atoms with Crippen LogP contribution < -0.4 is 5.73 Å². The van der Waals surface area contributed by atoms with Gasteiger partial charge in [-0.2, -0.15) is 0 Å². The summed E-state index contributed by atoms with van der Waals surface area (Å²) in [4.78, 5) is 37.9. The monoisotopic (exact) mass is 271 g/mol. The van der Waals surface area contributed by atoms with Gasteiger partial charge in [-0.15, -0.1) is 0 Å². The fraction of sp³-hybridized carbons (Fsp3) is 0.750. The number of ether oxygens (including phenoxy) is 1. The van der Waals surface area contributed by atoms with Crippen LogP contribution in [0.5, 0.6) is 0 Å². The highest BCUT2D eigenvalue weighted by Crippen LogP contribution is 2.05. The third kappa shape index (κ3) is 4.20. The van der Waals surface area contributed by atoms with E-state index in [1.165, 1.54) is 11.8 Å². The number of nitrogens with zero attached hydrogens (tertiary/aromatic N) is 2. The van der Waals surface area contributed by atoms with E-state index in [4.69, 9.17) is 10.5 Å². The molecule has 1 aliphatic heterocycles. The zero-order chi connectivity index (χ0) is 14.4. The van der Waals surface area contributed by atoms with E-state index in [1.54, 1.807) is 11.8 Å². The average molecular weight is 271 g/mol. The molecular weight excluding hydrogens is 250 g/mol. The molecule has 7 heteroatoms. The molecule has 0 bridgehead atoms. The Kier molecular flexibility index (Phi) is 5.75. The van der Waals surface area contributed by atoms with Crippen LogP contribution in [0.15, 0.2) is 0 Å². The van der Waals surface area contributed by atoms with Gasteiger partial charge in [0.25, 0.3) is 5.91 Å². The van der Waals surface area contributed by atoms with Crippen molar-refractivity contribution in [3.8, 4) is 0 Å². The molecule has 2 N–H and O–H groups in total. The molecule has 1 aliphatic rings. The van der Waals surface area contributed by atoms with E-state index >= 15 is 0 Å². The Bertz CT molecular complexity index is 359. The molecule has 0 radical (unpaired) electrons. The summed E-state index contributed by atoms with van der Waals surface area (Å²) < 4.78 is 4.73. The number of rotatable bonds is 3. The summed E-state index contributed by atoms with van der Waals surface area (Å²) in [6, 6.07) is -1.27. The minimum absolute atomic E-state index is 0.0102. The summed E-state index contributed by atoms with van der Waals surface area (Å²) in [6.07, 6.45) is 0.681. The van der Waals surface area contributed by atoms with E-state index in [1.807, 2.05) is 0 Å². The molecule has 1 fully saturated rings. The molecule has 19 heavy (non-hydrogen) atoms. The zero-order valence-corrected chi connectivity index (χ0v) is 11.4. The molecule has 1 atom stereocenters. The van der Waals surface area contributed by atoms with E-state index in [0.29, 0.717) is 32.6 Å². The number of carbonyl (C=O) groups is 3. The minimum atomic E-state index is -1.27. The van der Waals surface area contributed by atoms with Crippen LogP contribution in [-0.4, -0.2) is 66.4 Å². The molecule has 0 saturated carbocycles. The standard InChI is InChI=1S/C12H21N3O4/c1-3-19-12(18)10(13)11(17)15-6-4-5-14(7-8-15)9(2)16/h10H,3-8,13H2,1-2H3. The molecule has 2 amide bonds. The van der Waals surface area contributed by atoms with Crippen molar-refractivity contribution in [2.45, 2.75) is 26.3 Å². The molecule has 0 aromatic heterocycles. The molecule has 1 saturated heterocycles.